The molecule has 4 rings (SSSR count). The van der Waals surface area contributed by atoms with Crippen LogP contribution in [-0.4, -0.2) is 35.5 Å². The minimum absolute atomic E-state index is 0.0101. The largest absolute Gasteiger partial charge is 0.462 e. The monoisotopic (exact) mass is 593 g/mol. The van der Waals surface area contributed by atoms with E-state index >= 15 is 0 Å². The highest BCUT2D eigenvalue weighted by molar-refractivity contribution is 5.69. The predicted octanol–water partition coefficient (Wildman–Crippen LogP) is 11.0. The molecule has 248 valence electrons. The van der Waals surface area contributed by atoms with E-state index in [1.165, 1.54) is 154 Å². The maximum Gasteiger partial charge on any atom is 0.306 e. The molecule has 3 atom stereocenters. The van der Waals surface area contributed by atoms with Gasteiger partial charge in [-0.15, -0.1) is 0 Å². The van der Waals surface area contributed by atoms with E-state index in [-0.39, 0.29) is 31.2 Å². The SMILES string of the molecule is C1CCCCCCCCC1.C1CCCCCCCCC1.O=C1CCCCC(C2(CO)CCCCCCCCC2CO)O1. The van der Waals surface area contributed by atoms with E-state index in [0.29, 0.717) is 6.42 Å². The van der Waals surface area contributed by atoms with Crippen molar-refractivity contribution < 1.29 is 19.7 Å². The molecule has 4 aliphatic rings. The smallest absolute Gasteiger partial charge is 0.306 e. The minimum Gasteiger partial charge on any atom is -0.462 e. The van der Waals surface area contributed by atoms with Gasteiger partial charge in [0.15, 0.2) is 0 Å². The second-order valence-corrected chi connectivity index (χ2v) is 14.2. The topological polar surface area (TPSA) is 66.8 Å². The first-order chi connectivity index (χ1) is 20.7. The molecule has 4 heteroatoms. The number of hydrogen-bond acceptors (Lipinski definition) is 4. The third kappa shape index (κ3) is 16.5. The molecule has 1 aliphatic heterocycles. The van der Waals surface area contributed by atoms with Gasteiger partial charge in [-0.3, -0.25) is 4.79 Å². The number of ether oxygens (including phenoxy) is 1. The number of esters is 1. The van der Waals surface area contributed by atoms with E-state index < -0.39 is 5.41 Å². The molecule has 4 nitrogen and oxygen atoms in total. The molecule has 3 unspecified atom stereocenters. The fraction of sp³-hybridized carbons (Fsp3) is 0.974. The zero-order valence-corrected chi connectivity index (χ0v) is 27.9. The molecule has 1 saturated heterocycles. The average molecular weight is 593 g/mol. The lowest BCUT2D eigenvalue weighted by atomic mass is 9.65. The van der Waals surface area contributed by atoms with Crippen LogP contribution in [0.3, 0.4) is 0 Å². The van der Waals surface area contributed by atoms with Crippen LogP contribution in [0.15, 0.2) is 0 Å². The van der Waals surface area contributed by atoms with Crippen LogP contribution in [0.5, 0.6) is 0 Å². The Kier molecular flexibility index (Phi) is 23.0. The van der Waals surface area contributed by atoms with Gasteiger partial charge in [0, 0.05) is 18.4 Å². The van der Waals surface area contributed by atoms with Crippen LogP contribution in [0, 0.1) is 11.3 Å². The number of hydrogen-bond donors (Lipinski definition) is 2. The molecule has 3 saturated carbocycles. The molecule has 0 aromatic heterocycles. The summed E-state index contributed by atoms with van der Waals surface area (Å²) >= 11 is 0. The molecular formula is C38H72O4. The van der Waals surface area contributed by atoms with Crippen molar-refractivity contribution in [1.82, 2.24) is 0 Å². The van der Waals surface area contributed by atoms with Gasteiger partial charge in [0.05, 0.1) is 6.61 Å². The Morgan fingerprint density at radius 3 is 1.24 bits per heavy atom. The number of aliphatic hydroxyl groups excluding tert-OH is 2. The van der Waals surface area contributed by atoms with Gasteiger partial charge in [0.2, 0.25) is 0 Å². The third-order valence-corrected chi connectivity index (χ3v) is 10.8. The van der Waals surface area contributed by atoms with Crippen LogP contribution >= 0.6 is 0 Å². The van der Waals surface area contributed by atoms with Crippen molar-refractivity contribution in [3.63, 3.8) is 0 Å². The predicted molar refractivity (Wildman–Crippen MR) is 178 cm³/mol. The highest BCUT2D eigenvalue weighted by atomic mass is 16.5. The zero-order chi connectivity index (χ0) is 30.0. The Bertz CT molecular complexity index is 536. The lowest BCUT2D eigenvalue weighted by molar-refractivity contribution is -0.165. The Morgan fingerprint density at radius 1 is 0.500 bits per heavy atom. The van der Waals surface area contributed by atoms with Crippen LogP contribution in [0.2, 0.25) is 0 Å². The molecule has 42 heavy (non-hydrogen) atoms. The van der Waals surface area contributed by atoms with Gasteiger partial charge in [0.1, 0.15) is 6.10 Å². The highest BCUT2D eigenvalue weighted by Gasteiger charge is 2.46. The van der Waals surface area contributed by atoms with Crippen molar-refractivity contribution in [2.45, 2.75) is 212 Å². The van der Waals surface area contributed by atoms with E-state index in [4.69, 9.17) is 4.74 Å². The van der Waals surface area contributed by atoms with Crippen molar-refractivity contribution in [3.8, 4) is 0 Å². The summed E-state index contributed by atoms with van der Waals surface area (Å²) in [4.78, 5) is 11.9. The molecule has 1 heterocycles. The van der Waals surface area contributed by atoms with Crippen molar-refractivity contribution in [2.75, 3.05) is 13.2 Å². The first kappa shape index (κ1) is 37.6. The Hall–Kier alpha value is -0.610. The number of aliphatic hydroxyl groups is 2. The molecular weight excluding hydrogens is 520 g/mol. The average Bonchev–Trinajstić information content (AvgIpc) is 3.26. The number of carbonyl (C=O) groups is 1. The molecule has 0 spiro atoms. The third-order valence-electron chi connectivity index (χ3n) is 10.8. The fourth-order valence-corrected chi connectivity index (χ4v) is 7.87. The van der Waals surface area contributed by atoms with Crippen LogP contribution in [0.25, 0.3) is 0 Å². The lowest BCUT2D eigenvalue weighted by Gasteiger charge is -2.44. The minimum atomic E-state index is -0.452. The summed E-state index contributed by atoms with van der Waals surface area (Å²) in [7, 11) is 0. The van der Waals surface area contributed by atoms with Gasteiger partial charge >= 0.3 is 5.97 Å². The van der Waals surface area contributed by atoms with Crippen LogP contribution in [-0.2, 0) is 9.53 Å². The van der Waals surface area contributed by atoms with Gasteiger partial charge < -0.3 is 14.9 Å². The van der Waals surface area contributed by atoms with E-state index in [0.717, 1.165) is 44.9 Å². The summed E-state index contributed by atoms with van der Waals surface area (Å²) in [6, 6.07) is 0. The maximum absolute atomic E-state index is 11.9. The van der Waals surface area contributed by atoms with Crippen molar-refractivity contribution in [1.29, 1.82) is 0 Å². The molecule has 2 N–H and O–H groups in total. The van der Waals surface area contributed by atoms with E-state index in [9.17, 15) is 15.0 Å². The van der Waals surface area contributed by atoms with Gasteiger partial charge in [-0.1, -0.05) is 167 Å². The van der Waals surface area contributed by atoms with Gasteiger partial charge in [-0.25, -0.2) is 0 Å². The molecule has 0 aromatic carbocycles. The van der Waals surface area contributed by atoms with Gasteiger partial charge in [-0.2, -0.15) is 0 Å². The van der Waals surface area contributed by atoms with Crippen LogP contribution in [0.4, 0.5) is 0 Å². The summed E-state index contributed by atoms with van der Waals surface area (Å²) in [5.74, 6) is -0.101. The summed E-state index contributed by atoms with van der Waals surface area (Å²) in [5, 5.41) is 20.2. The molecule has 3 aliphatic carbocycles. The summed E-state index contributed by atoms with van der Waals surface area (Å²) in [6.07, 6.45) is 41.7. The van der Waals surface area contributed by atoms with Gasteiger partial charge in [0.25, 0.3) is 0 Å². The summed E-state index contributed by atoms with van der Waals surface area (Å²) in [6.45, 7) is 0.0881. The summed E-state index contributed by atoms with van der Waals surface area (Å²) < 4.78 is 5.74. The molecule has 0 bridgehead atoms. The fourth-order valence-electron chi connectivity index (χ4n) is 7.87. The number of rotatable bonds is 3. The van der Waals surface area contributed by atoms with Crippen LogP contribution in [0.1, 0.15) is 205 Å². The molecule has 4 fully saturated rings. The van der Waals surface area contributed by atoms with Crippen LogP contribution < -0.4 is 0 Å². The van der Waals surface area contributed by atoms with E-state index in [1.807, 2.05) is 0 Å². The van der Waals surface area contributed by atoms with E-state index in [2.05, 4.69) is 0 Å². The van der Waals surface area contributed by atoms with Gasteiger partial charge in [-0.05, 0) is 38.0 Å². The zero-order valence-electron chi connectivity index (χ0n) is 27.9. The second kappa shape index (κ2) is 25.7. The number of carbonyl (C=O) groups excluding carboxylic acids is 1. The number of cyclic esters (lactones) is 1. The first-order valence-electron chi connectivity index (χ1n) is 19.1. The summed E-state index contributed by atoms with van der Waals surface area (Å²) in [5.41, 5.74) is -0.452. The molecule has 0 amide bonds. The Labute approximate surface area is 261 Å². The van der Waals surface area contributed by atoms with E-state index in [1.54, 1.807) is 0 Å². The Morgan fingerprint density at radius 2 is 0.857 bits per heavy atom. The molecule has 0 aromatic rings. The quantitative estimate of drug-likeness (QED) is 0.320. The van der Waals surface area contributed by atoms with Crippen molar-refractivity contribution in [3.05, 3.63) is 0 Å². The lowest BCUT2D eigenvalue weighted by Crippen LogP contribution is -2.48. The standard InChI is InChI=1S/C18H32O4.2C10H20/c19-13-15-9-5-3-1-2-4-8-12-18(15,14-20)16-10-6-7-11-17(21)22-16;2*1-2-4-6-8-10-9-7-5-3-1/h15-16,19-20H,1-14H2;2*1-10H2. The second-order valence-electron chi connectivity index (χ2n) is 14.2. The van der Waals surface area contributed by atoms with Crippen molar-refractivity contribution >= 4 is 5.97 Å². The van der Waals surface area contributed by atoms with Crippen molar-refractivity contribution in [2.24, 2.45) is 11.3 Å². The highest BCUT2D eigenvalue weighted by Crippen LogP contribution is 2.44. The molecule has 0 radical (unpaired) electrons. The maximum atomic E-state index is 11.9. The Balaban J connectivity index is 0.000000254. The first-order valence-corrected chi connectivity index (χ1v) is 19.1. The normalized spacial score (nSPS) is 30.0.